The average Bonchev–Trinajstić information content (AvgIpc) is 2.41. The second-order valence-corrected chi connectivity index (χ2v) is 7.29. The highest BCUT2D eigenvalue weighted by Crippen LogP contribution is 2.04. The van der Waals surface area contributed by atoms with Gasteiger partial charge in [0.2, 0.25) is 15.5 Å². The highest BCUT2D eigenvalue weighted by molar-refractivity contribution is 7.89. The lowest BCUT2D eigenvalue weighted by molar-refractivity contribution is -0.122. The molecular formula is C13H21N3O5S. The molecule has 124 valence electrons. The lowest BCUT2D eigenvalue weighted by Crippen LogP contribution is -2.36. The maximum Gasteiger partial charge on any atom is 0.257 e. The van der Waals surface area contributed by atoms with Crippen molar-refractivity contribution in [1.82, 2.24) is 14.2 Å². The monoisotopic (exact) mass is 331 g/mol. The first kappa shape index (κ1) is 18.2. The SMILES string of the molecule is Cc1cc(=O)c(OCC(=O)NCCS(=O)(=O)N(C)C)cn1C. The molecule has 0 unspecified atom stereocenters. The number of carbonyl (C=O) groups is 1. The van der Waals surface area contributed by atoms with Gasteiger partial charge in [-0.25, -0.2) is 12.7 Å². The van der Waals surface area contributed by atoms with E-state index in [2.05, 4.69) is 5.32 Å². The van der Waals surface area contributed by atoms with Gasteiger partial charge in [0.1, 0.15) is 0 Å². The van der Waals surface area contributed by atoms with Crippen LogP contribution in [0.5, 0.6) is 5.75 Å². The number of amides is 1. The molecule has 0 bridgehead atoms. The Labute approximate surface area is 129 Å². The predicted molar refractivity (Wildman–Crippen MR) is 82.4 cm³/mol. The zero-order valence-electron chi connectivity index (χ0n) is 13.1. The van der Waals surface area contributed by atoms with E-state index in [-0.39, 0.29) is 30.1 Å². The summed E-state index contributed by atoms with van der Waals surface area (Å²) in [7, 11) is 1.25. The van der Waals surface area contributed by atoms with Crippen molar-refractivity contribution >= 4 is 15.9 Å². The minimum absolute atomic E-state index is 0.0192. The Morgan fingerprint density at radius 2 is 2.05 bits per heavy atom. The van der Waals surface area contributed by atoms with Crippen molar-refractivity contribution in [3.63, 3.8) is 0 Å². The van der Waals surface area contributed by atoms with E-state index in [9.17, 15) is 18.0 Å². The van der Waals surface area contributed by atoms with Crippen LogP contribution in [0.4, 0.5) is 0 Å². The number of hydrogen-bond donors (Lipinski definition) is 1. The first-order valence-electron chi connectivity index (χ1n) is 6.60. The van der Waals surface area contributed by atoms with E-state index >= 15 is 0 Å². The number of carbonyl (C=O) groups excluding carboxylic acids is 1. The van der Waals surface area contributed by atoms with Crippen LogP contribution in [0.1, 0.15) is 5.69 Å². The Kier molecular flexibility index (Phi) is 6.12. The van der Waals surface area contributed by atoms with Crippen molar-refractivity contribution in [1.29, 1.82) is 0 Å². The molecular weight excluding hydrogens is 310 g/mol. The molecule has 0 atom stereocenters. The van der Waals surface area contributed by atoms with Gasteiger partial charge in [0.25, 0.3) is 5.91 Å². The number of hydrogen-bond acceptors (Lipinski definition) is 5. The number of nitrogens with one attached hydrogen (secondary N) is 1. The maximum atomic E-state index is 11.7. The molecule has 1 heterocycles. The summed E-state index contributed by atoms with van der Waals surface area (Å²) in [4.78, 5) is 23.3. The van der Waals surface area contributed by atoms with E-state index in [1.165, 1.54) is 26.4 Å². The lowest BCUT2D eigenvalue weighted by atomic mass is 10.3. The van der Waals surface area contributed by atoms with Crippen molar-refractivity contribution in [2.45, 2.75) is 6.92 Å². The van der Waals surface area contributed by atoms with Gasteiger partial charge in [-0.2, -0.15) is 0 Å². The zero-order chi connectivity index (χ0) is 16.9. The minimum atomic E-state index is -3.35. The van der Waals surface area contributed by atoms with Gasteiger partial charge >= 0.3 is 0 Å². The highest BCUT2D eigenvalue weighted by Gasteiger charge is 2.14. The number of rotatable bonds is 7. The number of pyridine rings is 1. The molecule has 0 saturated heterocycles. The number of ether oxygens (including phenoxy) is 1. The van der Waals surface area contributed by atoms with E-state index in [0.29, 0.717) is 0 Å². The van der Waals surface area contributed by atoms with E-state index in [0.717, 1.165) is 10.00 Å². The van der Waals surface area contributed by atoms with Crippen LogP contribution in [0.25, 0.3) is 0 Å². The van der Waals surface area contributed by atoms with Gasteiger partial charge in [0, 0.05) is 45.6 Å². The molecule has 22 heavy (non-hydrogen) atoms. The molecule has 0 aliphatic heterocycles. The van der Waals surface area contributed by atoms with Gasteiger partial charge in [-0.15, -0.1) is 0 Å². The largest absolute Gasteiger partial charge is 0.478 e. The summed E-state index contributed by atoms with van der Waals surface area (Å²) >= 11 is 0. The Morgan fingerprint density at radius 1 is 1.41 bits per heavy atom. The fourth-order valence-corrected chi connectivity index (χ4v) is 2.23. The van der Waals surface area contributed by atoms with E-state index < -0.39 is 15.9 Å². The summed E-state index contributed by atoms with van der Waals surface area (Å²) in [6.45, 7) is 1.41. The van der Waals surface area contributed by atoms with Gasteiger partial charge in [-0.1, -0.05) is 0 Å². The van der Waals surface area contributed by atoms with Crippen LogP contribution in [0, 0.1) is 6.92 Å². The molecule has 0 saturated carbocycles. The normalized spacial score (nSPS) is 11.5. The summed E-state index contributed by atoms with van der Waals surface area (Å²) in [5.74, 6) is -0.612. The molecule has 0 aliphatic rings. The third-order valence-corrected chi connectivity index (χ3v) is 4.88. The molecule has 1 aromatic rings. The standard InChI is InChI=1S/C13H21N3O5S/c1-10-7-11(17)12(8-16(10)4)21-9-13(18)14-5-6-22(19,20)15(2)3/h7-8H,5-6,9H2,1-4H3,(H,14,18). The van der Waals surface area contributed by atoms with Crippen molar-refractivity contribution in [3.05, 3.63) is 28.2 Å². The van der Waals surface area contributed by atoms with Gasteiger partial charge in [-0.3, -0.25) is 9.59 Å². The quantitative estimate of drug-likeness (QED) is 0.697. The van der Waals surface area contributed by atoms with Gasteiger partial charge < -0.3 is 14.6 Å². The summed E-state index contributed by atoms with van der Waals surface area (Å²) < 4.78 is 31.0. The lowest BCUT2D eigenvalue weighted by Gasteiger charge is -2.12. The third kappa shape index (κ3) is 5.15. The van der Waals surface area contributed by atoms with Crippen LogP contribution >= 0.6 is 0 Å². The summed E-state index contributed by atoms with van der Waals surface area (Å²) in [6, 6.07) is 1.41. The Hall–Kier alpha value is -1.87. The van der Waals surface area contributed by atoms with Crippen LogP contribution in [-0.4, -0.2) is 56.2 Å². The van der Waals surface area contributed by atoms with Crippen LogP contribution < -0.4 is 15.5 Å². The van der Waals surface area contributed by atoms with Crippen LogP contribution in [0.15, 0.2) is 17.1 Å². The second kappa shape index (κ2) is 7.41. The molecule has 8 nitrogen and oxygen atoms in total. The molecule has 0 fully saturated rings. The first-order valence-corrected chi connectivity index (χ1v) is 8.21. The van der Waals surface area contributed by atoms with Gasteiger partial charge in [-0.05, 0) is 6.92 Å². The van der Waals surface area contributed by atoms with Crippen molar-refractivity contribution in [2.24, 2.45) is 7.05 Å². The second-order valence-electron chi connectivity index (χ2n) is 4.99. The number of nitrogens with zero attached hydrogens (tertiary/aromatic N) is 2. The summed E-state index contributed by atoms with van der Waals surface area (Å²) in [5, 5.41) is 2.43. The predicted octanol–water partition coefficient (Wildman–Crippen LogP) is -0.920. The molecule has 9 heteroatoms. The van der Waals surface area contributed by atoms with E-state index in [1.807, 2.05) is 0 Å². The number of aromatic nitrogens is 1. The van der Waals surface area contributed by atoms with Crippen molar-refractivity contribution in [3.8, 4) is 5.75 Å². The van der Waals surface area contributed by atoms with Crippen molar-refractivity contribution in [2.75, 3.05) is 33.0 Å². The fraction of sp³-hybridized carbons (Fsp3) is 0.538. The minimum Gasteiger partial charge on any atom is -0.478 e. The fourth-order valence-electron chi connectivity index (χ4n) is 1.51. The Bertz CT molecular complexity index is 694. The number of aryl methyl sites for hydroxylation is 2. The number of sulfonamides is 1. The van der Waals surface area contributed by atoms with Gasteiger partial charge in [0.15, 0.2) is 12.4 Å². The zero-order valence-corrected chi connectivity index (χ0v) is 13.9. The molecule has 0 aliphatic carbocycles. The Morgan fingerprint density at radius 3 is 2.64 bits per heavy atom. The molecule has 1 amide bonds. The van der Waals surface area contributed by atoms with Gasteiger partial charge in [0.05, 0.1) is 5.75 Å². The van der Waals surface area contributed by atoms with Crippen LogP contribution in [0.3, 0.4) is 0 Å². The average molecular weight is 331 g/mol. The van der Waals surface area contributed by atoms with Crippen LogP contribution in [-0.2, 0) is 21.9 Å². The van der Waals surface area contributed by atoms with E-state index in [4.69, 9.17) is 4.74 Å². The third-order valence-electron chi connectivity index (χ3n) is 3.05. The molecule has 1 N–H and O–H groups in total. The molecule has 0 radical (unpaired) electrons. The first-order chi connectivity index (χ1) is 10.1. The molecule has 1 aromatic heterocycles. The Balaban J connectivity index is 2.48. The maximum absolute atomic E-state index is 11.7. The molecule has 1 rings (SSSR count). The summed E-state index contributed by atoms with van der Waals surface area (Å²) in [6.07, 6.45) is 1.50. The smallest absolute Gasteiger partial charge is 0.257 e. The van der Waals surface area contributed by atoms with E-state index in [1.54, 1.807) is 18.5 Å². The topological polar surface area (TPSA) is 97.7 Å². The highest BCUT2D eigenvalue weighted by atomic mass is 32.2. The summed E-state index contributed by atoms with van der Waals surface area (Å²) in [5.41, 5.74) is 0.467. The molecule has 0 aromatic carbocycles. The molecule has 0 spiro atoms. The van der Waals surface area contributed by atoms with Crippen LogP contribution in [0.2, 0.25) is 0 Å². The van der Waals surface area contributed by atoms with Crippen molar-refractivity contribution < 1.29 is 17.9 Å².